The van der Waals surface area contributed by atoms with E-state index in [1.165, 1.54) is 12.4 Å². The molecule has 3 heterocycles. The number of benzene rings is 1. The van der Waals surface area contributed by atoms with Crippen LogP contribution in [0.25, 0.3) is 33.4 Å². The summed E-state index contributed by atoms with van der Waals surface area (Å²) >= 11 is 0. The normalized spacial score (nSPS) is 11.2. The number of carbonyl (C=O) groups excluding carboxylic acids is 1. The summed E-state index contributed by atoms with van der Waals surface area (Å²) in [5.41, 5.74) is 5.18. The molecule has 7 heteroatoms. The lowest BCUT2D eigenvalue weighted by Crippen LogP contribution is -2.08. The zero-order valence-electron chi connectivity index (χ0n) is 15.8. The number of anilines is 1. The summed E-state index contributed by atoms with van der Waals surface area (Å²) in [5.74, 6) is -0.204. The lowest BCUT2D eigenvalue weighted by molar-refractivity contribution is -0.111. The molecule has 3 aromatic heterocycles. The summed E-state index contributed by atoms with van der Waals surface area (Å²) in [6.07, 6.45) is 10.1. The Morgan fingerprint density at radius 2 is 2.14 bits per heavy atom. The first-order valence-corrected chi connectivity index (χ1v) is 9.05. The van der Waals surface area contributed by atoms with E-state index in [0.29, 0.717) is 12.3 Å². The van der Waals surface area contributed by atoms with Crippen molar-refractivity contribution in [3.63, 3.8) is 0 Å². The number of methoxy groups -OCH3 is 1. The monoisotopic (exact) mass is 385 g/mol. The standard InChI is InChI=1S/C22H19N5O2/c1-29-9-3-6-21(28)27-17-5-2-4-15(10-17)16-11-18-19(13-25-22(18)24-12-16)20-7-8-23-14-26-20/h2-8,10-14H,9H2,1H3,(H,24,25)(H,27,28). The number of aromatic amines is 1. The van der Waals surface area contributed by atoms with Gasteiger partial charge in [0, 0.05) is 54.0 Å². The number of aromatic nitrogens is 4. The second kappa shape index (κ2) is 8.45. The lowest BCUT2D eigenvalue weighted by atomic mass is 10.0. The van der Waals surface area contributed by atoms with Crippen molar-refractivity contribution in [2.75, 3.05) is 19.0 Å². The number of rotatable bonds is 6. The van der Waals surface area contributed by atoms with E-state index < -0.39 is 0 Å². The van der Waals surface area contributed by atoms with Crippen molar-refractivity contribution in [3.8, 4) is 22.4 Å². The summed E-state index contributed by atoms with van der Waals surface area (Å²) in [7, 11) is 1.58. The van der Waals surface area contributed by atoms with Crippen LogP contribution < -0.4 is 5.32 Å². The third kappa shape index (κ3) is 4.20. The van der Waals surface area contributed by atoms with Gasteiger partial charge in [-0.25, -0.2) is 15.0 Å². The number of H-pyrrole nitrogens is 1. The molecule has 29 heavy (non-hydrogen) atoms. The van der Waals surface area contributed by atoms with Gasteiger partial charge in [0.1, 0.15) is 12.0 Å². The predicted molar refractivity (Wildman–Crippen MR) is 112 cm³/mol. The van der Waals surface area contributed by atoms with Crippen molar-refractivity contribution < 1.29 is 9.53 Å². The molecule has 4 rings (SSSR count). The Balaban J connectivity index is 1.64. The van der Waals surface area contributed by atoms with Crippen LogP contribution in [0.4, 0.5) is 5.69 Å². The molecule has 0 bridgehead atoms. The topological polar surface area (TPSA) is 92.8 Å². The van der Waals surface area contributed by atoms with E-state index in [1.807, 2.05) is 42.7 Å². The fraction of sp³-hybridized carbons (Fsp3) is 0.0909. The number of nitrogens with one attached hydrogen (secondary N) is 2. The Bertz CT molecular complexity index is 1170. The molecule has 0 aliphatic rings. The van der Waals surface area contributed by atoms with Crippen molar-refractivity contribution >= 4 is 22.6 Å². The van der Waals surface area contributed by atoms with Crippen LogP contribution in [0.15, 0.2) is 73.5 Å². The van der Waals surface area contributed by atoms with Gasteiger partial charge in [-0.05, 0) is 29.8 Å². The van der Waals surface area contributed by atoms with Gasteiger partial charge in [-0.1, -0.05) is 18.2 Å². The van der Waals surface area contributed by atoms with E-state index in [-0.39, 0.29) is 5.91 Å². The Hall–Kier alpha value is -3.84. The van der Waals surface area contributed by atoms with Crippen LogP contribution in [0.2, 0.25) is 0 Å². The maximum absolute atomic E-state index is 12.0. The molecule has 144 valence electrons. The number of hydrogen-bond donors (Lipinski definition) is 2. The molecule has 0 fully saturated rings. The third-order valence-electron chi connectivity index (χ3n) is 4.38. The van der Waals surface area contributed by atoms with E-state index in [9.17, 15) is 4.79 Å². The molecule has 4 aromatic rings. The third-order valence-corrected chi connectivity index (χ3v) is 4.38. The number of carbonyl (C=O) groups is 1. The minimum atomic E-state index is -0.204. The van der Waals surface area contributed by atoms with Crippen LogP contribution in [0, 0.1) is 0 Å². The van der Waals surface area contributed by atoms with Crippen LogP contribution in [0.5, 0.6) is 0 Å². The zero-order chi connectivity index (χ0) is 20.1. The van der Waals surface area contributed by atoms with Crippen molar-refractivity contribution in [2.24, 2.45) is 0 Å². The first-order valence-electron chi connectivity index (χ1n) is 9.05. The molecule has 0 radical (unpaired) electrons. The maximum atomic E-state index is 12.0. The number of ether oxygens (including phenoxy) is 1. The number of amides is 1. The van der Waals surface area contributed by atoms with Gasteiger partial charge in [-0.15, -0.1) is 0 Å². The van der Waals surface area contributed by atoms with Gasteiger partial charge in [0.15, 0.2) is 0 Å². The smallest absolute Gasteiger partial charge is 0.248 e. The van der Waals surface area contributed by atoms with Gasteiger partial charge in [-0.2, -0.15) is 0 Å². The Morgan fingerprint density at radius 1 is 1.21 bits per heavy atom. The quantitative estimate of drug-likeness (QED) is 0.492. The summed E-state index contributed by atoms with van der Waals surface area (Å²) in [5, 5.41) is 3.83. The van der Waals surface area contributed by atoms with Crippen LogP contribution in [-0.2, 0) is 9.53 Å². The van der Waals surface area contributed by atoms with E-state index in [4.69, 9.17) is 4.74 Å². The first-order chi connectivity index (χ1) is 14.2. The summed E-state index contributed by atoms with van der Waals surface area (Å²) in [6, 6.07) is 11.6. The molecular formula is C22H19N5O2. The molecule has 0 aliphatic carbocycles. The highest BCUT2D eigenvalue weighted by molar-refractivity contribution is 6.00. The van der Waals surface area contributed by atoms with Crippen molar-refractivity contribution in [2.45, 2.75) is 0 Å². The lowest BCUT2D eigenvalue weighted by Gasteiger charge is -2.07. The van der Waals surface area contributed by atoms with Crippen LogP contribution in [0.3, 0.4) is 0 Å². The summed E-state index contributed by atoms with van der Waals surface area (Å²) in [4.78, 5) is 28.0. The largest absolute Gasteiger partial charge is 0.381 e. The van der Waals surface area contributed by atoms with Gasteiger partial charge in [0.25, 0.3) is 0 Å². The molecule has 0 saturated heterocycles. The van der Waals surface area contributed by atoms with E-state index in [0.717, 1.165) is 33.4 Å². The molecule has 1 aromatic carbocycles. The first kappa shape index (κ1) is 18.5. The van der Waals surface area contributed by atoms with E-state index in [1.54, 1.807) is 19.4 Å². The van der Waals surface area contributed by atoms with E-state index in [2.05, 4.69) is 31.3 Å². The van der Waals surface area contributed by atoms with Crippen LogP contribution in [-0.4, -0.2) is 39.6 Å². The van der Waals surface area contributed by atoms with Crippen molar-refractivity contribution in [3.05, 3.63) is 73.5 Å². The highest BCUT2D eigenvalue weighted by Crippen LogP contribution is 2.30. The van der Waals surface area contributed by atoms with Crippen molar-refractivity contribution in [1.82, 2.24) is 19.9 Å². The van der Waals surface area contributed by atoms with Gasteiger partial charge in [-0.3, -0.25) is 4.79 Å². The fourth-order valence-electron chi connectivity index (χ4n) is 3.03. The molecule has 0 atom stereocenters. The van der Waals surface area contributed by atoms with Gasteiger partial charge < -0.3 is 15.0 Å². The predicted octanol–water partition coefficient (Wildman–Crippen LogP) is 3.83. The second-order valence-electron chi connectivity index (χ2n) is 6.34. The Kier molecular flexibility index (Phi) is 5.40. The Morgan fingerprint density at radius 3 is 2.97 bits per heavy atom. The summed E-state index contributed by atoms with van der Waals surface area (Å²) in [6.45, 7) is 0.393. The molecule has 2 N–H and O–H groups in total. The molecule has 1 amide bonds. The maximum Gasteiger partial charge on any atom is 0.248 e. The average Bonchev–Trinajstić information content (AvgIpc) is 3.18. The molecule has 0 aliphatic heterocycles. The number of pyridine rings is 1. The fourth-order valence-corrected chi connectivity index (χ4v) is 3.03. The van der Waals surface area contributed by atoms with Gasteiger partial charge in [0.2, 0.25) is 5.91 Å². The highest BCUT2D eigenvalue weighted by Gasteiger charge is 2.10. The number of hydrogen-bond acceptors (Lipinski definition) is 5. The average molecular weight is 385 g/mol. The molecular weight excluding hydrogens is 366 g/mol. The highest BCUT2D eigenvalue weighted by atomic mass is 16.5. The molecule has 0 unspecified atom stereocenters. The number of nitrogens with zero attached hydrogens (tertiary/aromatic N) is 3. The number of fused-ring (bicyclic) bond motifs is 1. The minimum Gasteiger partial charge on any atom is -0.381 e. The molecule has 0 spiro atoms. The van der Waals surface area contributed by atoms with E-state index >= 15 is 0 Å². The van der Waals surface area contributed by atoms with Gasteiger partial charge in [0.05, 0.1) is 12.3 Å². The Labute approximate surface area is 167 Å². The van der Waals surface area contributed by atoms with Crippen LogP contribution >= 0.6 is 0 Å². The second-order valence-corrected chi connectivity index (χ2v) is 6.34. The minimum absolute atomic E-state index is 0.204. The summed E-state index contributed by atoms with van der Waals surface area (Å²) < 4.78 is 4.91. The van der Waals surface area contributed by atoms with Gasteiger partial charge >= 0.3 is 0 Å². The van der Waals surface area contributed by atoms with Crippen molar-refractivity contribution in [1.29, 1.82) is 0 Å². The zero-order valence-corrected chi connectivity index (χ0v) is 15.8. The van der Waals surface area contributed by atoms with Crippen LogP contribution in [0.1, 0.15) is 0 Å². The SMILES string of the molecule is COCC=CC(=O)Nc1cccc(-c2cnc3[nH]cc(-c4ccncn4)c3c2)c1. The molecule has 7 nitrogen and oxygen atoms in total. The molecule has 0 saturated carbocycles.